The molecule has 0 saturated carbocycles. The second kappa shape index (κ2) is 8.85. The van der Waals surface area contributed by atoms with Gasteiger partial charge >= 0.3 is 0 Å². The lowest BCUT2D eigenvalue weighted by Gasteiger charge is -2.37. The smallest absolute Gasteiger partial charge is 0.246 e. The Kier molecular flexibility index (Phi) is 6.37. The molecule has 3 saturated heterocycles. The van der Waals surface area contributed by atoms with Crippen molar-refractivity contribution in [2.45, 2.75) is 76.8 Å². The number of nitrogens with one attached hydrogen (secondary N) is 2. The van der Waals surface area contributed by atoms with Crippen molar-refractivity contribution in [2.75, 3.05) is 18.5 Å². The molecule has 1 aromatic rings. The summed E-state index contributed by atoms with van der Waals surface area (Å²) < 4.78 is 11.8. The van der Waals surface area contributed by atoms with Gasteiger partial charge < -0.3 is 30.1 Å². The Bertz CT molecular complexity index is 958. The van der Waals surface area contributed by atoms with Crippen molar-refractivity contribution in [1.29, 1.82) is 0 Å². The first-order valence-corrected chi connectivity index (χ1v) is 12.0. The van der Waals surface area contributed by atoms with Crippen molar-refractivity contribution in [3.05, 3.63) is 24.3 Å². The number of rotatable bonds is 7. The number of likely N-dealkylation sites (tertiary alicyclic amines) is 1. The topological polar surface area (TPSA) is 117 Å². The molecule has 3 N–H and O–H groups in total. The van der Waals surface area contributed by atoms with Crippen molar-refractivity contribution in [1.82, 2.24) is 10.2 Å². The van der Waals surface area contributed by atoms with Gasteiger partial charge in [0.25, 0.3) is 0 Å². The van der Waals surface area contributed by atoms with E-state index in [0.717, 1.165) is 0 Å². The molecule has 2 bridgehead atoms. The fourth-order valence-corrected chi connectivity index (χ4v) is 5.72. The van der Waals surface area contributed by atoms with E-state index in [9.17, 15) is 19.5 Å². The average molecular weight is 474 g/mol. The molecule has 9 nitrogen and oxygen atoms in total. The van der Waals surface area contributed by atoms with Crippen LogP contribution in [0.4, 0.5) is 5.69 Å². The van der Waals surface area contributed by atoms with Crippen molar-refractivity contribution in [3.63, 3.8) is 0 Å². The molecule has 3 aliphatic heterocycles. The van der Waals surface area contributed by atoms with Crippen LogP contribution in [0.3, 0.4) is 0 Å². The third-order valence-corrected chi connectivity index (χ3v) is 6.96. The third-order valence-electron chi connectivity index (χ3n) is 6.96. The molecule has 186 valence electrons. The lowest BCUT2D eigenvalue weighted by molar-refractivity contribution is -0.145. The number of ether oxygens (including phenoxy) is 2. The Morgan fingerprint density at radius 1 is 1.26 bits per heavy atom. The fraction of sp³-hybridized carbons (Fsp3) is 0.640. The van der Waals surface area contributed by atoms with E-state index in [2.05, 4.69) is 10.6 Å². The van der Waals surface area contributed by atoms with E-state index in [4.69, 9.17) is 9.47 Å². The van der Waals surface area contributed by atoms with E-state index in [-0.39, 0.29) is 24.3 Å². The molecule has 2 unspecified atom stereocenters. The van der Waals surface area contributed by atoms with Crippen LogP contribution >= 0.6 is 0 Å². The first-order valence-electron chi connectivity index (χ1n) is 12.0. The van der Waals surface area contributed by atoms with Crippen LogP contribution in [0.1, 0.15) is 47.5 Å². The number of aliphatic hydroxyl groups excluding tert-OH is 1. The van der Waals surface area contributed by atoms with Gasteiger partial charge in [-0.2, -0.15) is 0 Å². The Hall–Kier alpha value is -2.65. The van der Waals surface area contributed by atoms with E-state index in [1.54, 1.807) is 31.2 Å². The van der Waals surface area contributed by atoms with Gasteiger partial charge in [-0.15, -0.1) is 0 Å². The fourth-order valence-electron chi connectivity index (χ4n) is 5.72. The summed E-state index contributed by atoms with van der Waals surface area (Å²) in [5.41, 5.74) is -0.996. The first kappa shape index (κ1) is 24.5. The van der Waals surface area contributed by atoms with Crippen LogP contribution in [0, 0.1) is 11.8 Å². The quantitative estimate of drug-likeness (QED) is 0.555. The zero-order valence-electron chi connectivity index (χ0n) is 20.5. The van der Waals surface area contributed by atoms with Gasteiger partial charge in [-0.1, -0.05) is 0 Å². The van der Waals surface area contributed by atoms with E-state index < -0.39 is 41.2 Å². The maximum Gasteiger partial charge on any atom is 0.246 e. The molecular weight excluding hydrogens is 438 g/mol. The lowest BCUT2D eigenvalue weighted by Crippen LogP contribution is -2.60. The number of hydrogen-bond acceptors (Lipinski definition) is 6. The monoisotopic (exact) mass is 473 g/mol. The minimum atomic E-state index is -1.08. The van der Waals surface area contributed by atoms with Crippen molar-refractivity contribution >= 4 is 23.4 Å². The molecule has 0 radical (unpaired) electrons. The van der Waals surface area contributed by atoms with Gasteiger partial charge in [0.1, 0.15) is 17.4 Å². The number of benzene rings is 1. The summed E-state index contributed by atoms with van der Waals surface area (Å²) >= 11 is 0. The normalized spacial score (nSPS) is 30.8. The summed E-state index contributed by atoms with van der Waals surface area (Å²) in [6, 6.07) is 5.57. The minimum Gasteiger partial charge on any atom is -0.494 e. The van der Waals surface area contributed by atoms with E-state index in [1.807, 2.05) is 27.7 Å². The maximum absolute atomic E-state index is 13.7. The molecular formula is C25H35N3O6. The van der Waals surface area contributed by atoms with Gasteiger partial charge in [-0.3, -0.25) is 14.4 Å². The molecule has 34 heavy (non-hydrogen) atoms. The largest absolute Gasteiger partial charge is 0.494 e. The highest BCUT2D eigenvalue weighted by Crippen LogP contribution is 2.58. The highest BCUT2D eigenvalue weighted by Gasteiger charge is 2.74. The van der Waals surface area contributed by atoms with E-state index >= 15 is 0 Å². The maximum atomic E-state index is 13.7. The van der Waals surface area contributed by atoms with Gasteiger partial charge in [0.2, 0.25) is 17.7 Å². The van der Waals surface area contributed by atoms with Crippen molar-refractivity contribution < 1.29 is 29.0 Å². The van der Waals surface area contributed by atoms with Gasteiger partial charge in [0.05, 0.1) is 37.2 Å². The Morgan fingerprint density at radius 2 is 1.94 bits per heavy atom. The predicted molar refractivity (Wildman–Crippen MR) is 125 cm³/mol. The number of carbonyl (C=O) groups is 3. The average Bonchev–Trinajstić information content (AvgIpc) is 3.40. The summed E-state index contributed by atoms with van der Waals surface area (Å²) in [5.74, 6) is -1.73. The standard InChI is InChI=1S/C25H35N3O6/c1-6-33-16-9-7-15(8-10-16)26-21(30)18-17-11-12-25(34-17)19(18)23(32)28(14(2)13-29)20(25)22(31)27-24(3,4)5/h7-10,14,17-20,29H,6,11-13H2,1-5H3,(H,26,30)(H,27,31)/t14-,17-,18+,19+,20?,25?/m1/s1. The van der Waals surface area contributed by atoms with Crippen molar-refractivity contribution in [3.8, 4) is 5.75 Å². The number of hydrogen-bond donors (Lipinski definition) is 3. The summed E-state index contributed by atoms with van der Waals surface area (Å²) in [6.45, 7) is 9.47. The summed E-state index contributed by atoms with van der Waals surface area (Å²) in [5, 5.41) is 15.7. The molecule has 6 atom stereocenters. The zero-order valence-corrected chi connectivity index (χ0v) is 20.5. The van der Waals surface area contributed by atoms with Crippen LogP contribution in [0.5, 0.6) is 5.75 Å². The molecule has 0 aliphatic carbocycles. The van der Waals surface area contributed by atoms with Gasteiger partial charge in [0.15, 0.2) is 0 Å². The van der Waals surface area contributed by atoms with Gasteiger partial charge in [-0.25, -0.2) is 0 Å². The third kappa shape index (κ3) is 4.05. The molecule has 1 aromatic carbocycles. The van der Waals surface area contributed by atoms with Gasteiger partial charge in [0, 0.05) is 11.2 Å². The van der Waals surface area contributed by atoms with Crippen LogP contribution < -0.4 is 15.4 Å². The molecule has 3 aliphatic rings. The summed E-state index contributed by atoms with van der Waals surface area (Å²) in [7, 11) is 0. The van der Waals surface area contributed by atoms with Crippen molar-refractivity contribution in [2.24, 2.45) is 11.8 Å². The minimum absolute atomic E-state index is 0.291. The summed E-state index contributed by atoms with van der Waals surface area (Å²) in [4.78, 5) is 42.0. The zero-order chi connectivity index (χ0) is 24.8. The lowest BCUT2D eigenvalue weighted by atomic mass is 9.70. The molecule has 9 heteroatoms. The highest BCUT2D eigenvalue weighted by atomic mass is 16.5. The van der Waals surface area contributed by atoms with Crippen LogP contribution in [0.2, 0.25) is 0 Å². The SMILES string of the molecule is CCOc1ccc(NC(=O)[C@@H]2[C@H]3C(=O)N([C@H](C)CO)C(C(=O)NC(C)(C)C)C34CC[C@H]2O4)cc1. The Labute approximate surface area is 200 Å². The molecule has 0 aromatic heterocycles. The van der Waals surface area contributed by atoms with Crippen LogP contribution in [-0.2, 0) is 19.1 Å². The number of amides is 3. The highest BCUT2D eigenvalue weighted by molar-refractivity contribution is 6.02. The van der Waals surface area contributed by atoms with E-state index in [1.165, 1.54) is 4.90 Å². The van der Waals surface area contributed by atoms with E-state index in [0.29, 0.717) is 30.9 Å². The number of aliphatic hydroxyl groups is 1. The number of carbonyl (C=O) groups excluding carboxylic acids is 3. The van der Waals surface area contributed by atoms with Crippen LogP contribution in [0.25, 0.3) is 0 Å². The molecule has 3 fully saturated rings. The molecule has 4 rings (SSSR count). The number of anilines is 1. The van der Waals surface area contributed by atoms with Crippen LogP contribution in [0.15, 0.2) is 24.3 Å². The second-order valence-electron chi connectivity index (χ2n) is 10.5. The molecule has 3 heterocycles. The number of nitrogens with zero attached hydrogens (tertiary/aromatic N) is 1. The number of fused-ring (bicyclic) bond motifs is 1. The van der Waals surface area contributed by atoms with Crippen LogP contribution in [-0.4, -0.2) is 70.3 Å². The Morgan fingerprint density at radius 3 is 2.53 bits per heavy atom. The summed E-state index contributed by atoms with van der Waals surface area (Å²) in [6.07, 6.45) is 0.664. The van der Waals surface area contributed by atoms with Gasteiger partial charge in [-0.05, 0) is 71.7 Å². The Balaban J connectivity index is 1.63. The second-order valence-corrected chi connectivity index (χ2v) is 10.5. The first-order chi connectivity index (χ1) is 16.0. The predicted octanol–water partition coefficient (Wildman–Crippen LogP) is 1.69. The molecule has 1 spiro atoms. The molecule has 3 amide bonds.